The summed E-state index contributed by atoms with van der Waals surface area (Å²) in [5.41, 5.74) is 1.67. The topological polar surface area (TPSA) is 81.0 Å². The highest BCUT2D eigenvalue weighted by atomic mass is 19.4. The van der Waals surface area contributed by atoms with Crippen LogP contribution in [0.2, 0.25) is 0 Å². The van der Waals surface area contributed by atoms with E-state index in [2.05, 4.69) is 10.3 Å². The Balaban J connectivity index is 1.50. The largest absolute Gasteiger partial charge is 0.416 e. The predicted molar refractivity (Wildman–Crippen MR) is 130 cm³/mol. The monoisotopic (exact) mass is 517 g/mol. The number of nitrogens with zero attached hydrogens (tertiary/aromatic N) is 4. The molecule has 198 valence electrons. The van der Waals surface area contributed by atoms with Crippen molar-refractivity contribution in [2.45, 2.75) is 64.5 Å². The van der Waals surface area contributed by atoms with E-state index in [9.17, 15) is 18.0 Å². The number of alkyl halides is 3. The number of carbonyl (C=O) groups excluding carboxylic acids is 1. The molecule has 1 aromatic carbocycles. The van der Waals surface area contributed by atoms with Crippen LogP contribution in [0.1, 0.15) is 59.4 Å². The smallest absolute Gasteiger partial charge is 0.381 e. The minimum Gasteiger partial charge on any atom is -0.381 e. The number of fused-ring (bicyclic) bond motifs is 3. The molecular formula is C26H30F3N5O3. The molecule has 0 saturated carbocycles. The summed E-state index contributed by atoms with van der Waals surface area (Å²) in [5, 5.41) is 3.32. The number of hydrogen-bond donors (Lipinski definition) is 1. The third-order valence-corrected chi connectivity index (χ3v) is 7.59. The zero-order valence-corrected chi connectivity index (χ0v) is 21.3. The highest BCUT2D eigenvalue weighted by Gasteiger charge is 2.45. The molecule has 5 rings (SSSR count). The Morgan fingerprint density at radius 2 is 1.95 bits per heavy atom. The molecule has 2 aromatic heterocycles. The maximum absolute atomic E-state index is 13.7. The number of nitrogens with one attached hydrogen (secondary N) is 1. The number of methoxy groups -OCH3 is 1. The Labute approximate surface area is 212 Å². The zero-order valence-electron chi connectivity index (χ0n) is 21.3. The summed E-state index contributed by atoms with van der Waals surface area (Å²) in [5.74, 6) is 0.868. The van der Waals surface area contributed by atoms with Gasteiger partial charge in [0.05, 0.1) is 36.6 Å². The molecule has 0 bridgehead atoms. The molecule has 1 atom stereocenters. The van der Waals surface area contributed by atoms with Crippen molar-refractivity contribution in [3.8, 4) is 0 Å². The lowest BCUT2D eigenvalue weighted by Gasteiger charge is -2.37. The number of imidazole rings is 1. The predicted octanol–water partition coefficient (Wildman–Crippen LogP) is 4.58. The maximum atomic E-state index is 13.7. The van der Waals surface area contributed by atoms with E-state index in [-0.39, 0.29) is 11.5 Å². The van der Waals surface area contributed by atoms with Gasteiger partial charge in [-0.3, -0.25) is 9.20 Å². The van der Waals surface area contributed by atoms with Crippen LogP contribution in [0.3, 0.4) is 0 Å². The van der Waals surface area contributed by atoms with Crippen molar-refractivity contribution in [1.82, 2.24) is 19.3 Å². The number of benzene rings is 1. The van der Waals surface area contributed by atoms with Gasteiger partial charge in [0.2, 0.25) is 5.78 Å². The summed E-state index contributed by atoms with van der Waals surface area (Å²) < 4.78 is 53.6. The first-order valence-corrected chi connectivity index (χ1v) is 12.3. The molecule has 11 heteroatoms. The molecular weight excluding hydrogens is 487 g/mol. The summed E-state index contributed by atoms with van der Waals surface area (Å²) in [7, 11) is 1.55. The van der Waals surface area contributed by atoms with Crippen LogP contribution in [0.25, 0.3) is 5.78 Å². The fraction of sp³-hybridized carbons (Fsp3) is 0.500. The molecule has 1 saturated heterocycles. The number of hydrogen-bond acceptors (Lipinski definition) is 6. The van der Waals surface area contributed by atoms with Crippen molar-refractivity contribution in [3.05, 3.63) is 58.0 Å². The van der Waals surface area contributed by atoms with Gasteiger partial charge >= 0.3 is 6.18 Å². The number of aromatic nitrogens is 3. The van der Waals surface area contributed by atoms with Crippen LogP contribution >= 0.6 is 0 Å². The summed E-state index contributed by atoms with van der Waals surface area (Å²) in [4.78, 5) is 24.6. The van der Waals surface area contributed by atoms with E-state index in [0.29, 0.717) is 56.3 Å². The molecule has 2 aliphatic heterocycles. The van der Waals surface area contributed by atoms with Gasteiger partial charge in [-0.1, -0.05) is 12.1 Å². The lowest BCUT2D eigenvalue weighted by Crippen LogP contribution is -2.51. The second-order valence-corrected chi connectivity index (χ2v) is 9.78. The number of carbonyl (C=O) groups is 1. The molecule has 3 aromatic rings. The number of halogens is 3. The Bertz CT molecular complexity index is 1350. The van der Waals surface area contributed by atoms with E-state index in [1.807, 2.05) is 11.3 Å². The maximum Gasteiger partial charge on any atom is 0.416 e. The van der Waals surface area contributed by atoms with Crippen LogP contribution in [0.15, 0.2) is 24.4 Å². The van der Waals surface area contributed by atoms with Gasteiger partial charge in [0, 0.05) is 44.4 Å². The molecule has 1 fully saturated rings. The lowest BCUT2D eigenvalue weighted by molar-refractivity contribution is -0.167. The molecule has 1 amide bonds. The van der Waals surface area contributed by atoms with Crippen molar-refractivity contribution in [2.75, 3.05) is 25.6 Å². The quantitative estimate of drug-likeness (QED) is 0.534. The van der Waals surface area contributed by atoms with Crippen molar-refractivity contribution in [1.29, 1.82) is 0 Å². The first-order chi connectivity index (χ1) is 17.6. The number of aryl methyl sites for hydroxylation is 1. The molecule has 8 nitrogen and oxygen atoms in total. The van der Waals surface area contributed by atoms with Crippen molar-refractivity contribution >= 4 is 17.5 Å². The molecule has 0 aliphatic carbocycles. The second-order valence-electron chi connectivity index (χ2n) is 9.78. The Morgan fingerprint density at radius 1 is 1.22 bits per heavy atom. The van der Waals surface area contributed by atoms with E-state index >= 15 is 0 Å². The zero-order chi connectivity index (χ0) is 26.5. The summed E-state index contributed by atoms with van der Waals surface area (Å²) in [6, 6.07) is 3.72. The minimum atomic E-state index is -4.44. The van der Waals surface area contributed by atoms with Gasteiger partial charge in [0.1, 0.15) is 5.82 Å². The highest BCUT2D eigenvalue weighted by molar-refractivity contribution is 5.86. The van der Waals surface area contributed by atoms with Crippen LogP contribution in [-0.2, 0) is 33.5 Å². The molecule has 0 unspecified atom stereocenters. The lowest BCUT2D eigenvalue weighted by atomic mass is 9.92. The average molecular weight is 518 g/mol. The van der Waals surface area contributed by atoms with Crippen molar-refractivity contribution in [3.63, 3.8) is 0 Å². The summed E-state index contributed by atoms with van der Waals surface area (Å²) in [6.07, 6.45) is -1.77. The van der Waals surface area contributed by atoms with Gasteiger partial charge in [0.25, 0.3) is 5.91 Å². The molecule has 4 heterocycles. The average Bonchev–Trinajstić information content (AvgIpc) is 3.47. The van der Waals surface area contributed by atoms with Gasteiger partial charge in [-0.25, -0.2) is 4.98 Å². The van der Waals surface area contributed by atoms with E-state index < -0.39 is 23.4 Å². The van der Waals surface area contributed by atoms with Crippen LogP contribution in [0.4, 0.5) is 19.0 Å². The number of anilines is 1. The molecule has 0 spiro atoms. The van der Waals surface area contributed by atoms with Crippen molar-refractivity contribution < 1.29 is 27.4 Å². The fourth-order valence-corrected chi connectivity index (χ4v) is 5.51. The number of ether oxygens (including phenoxy) is 2. The van der Waals surface area contributed by atoms with E-state index in [1.54, 1.807) is 31.2 Å². The van der Waals surface area contributed by atoms with Crippen LogP contribution in [0, 0.1) is 13.8 Å². The molecule has 37 heavy (non-hydrogen) atoms. The van der Waals surface area contributed by atoms with E-state index in [0.717, 1.165) is 23.0 Å². The van der Waals surface area contributed by atoms with Gasteiger partial charge in [-0.05, 0) is 38.0 Å². The van der Waals surface area contributed by atoms with Gasteiger partial charge in [0.15, 0.2) is 5.60 Å². The summed E-state index contributed by atoms with van der Waals surface area (Å²) in [6.45, 7) is 6.76. The Hall–Kier alpha value is -3.18. The first kappa shape index (κ1) is 25.5. The van der Waals surface area contributed by atoms with Crippen molar-refractivity contribution in [2.24, 2.45) is 0 Å². The van der Waals surface area contributed by atoms with Gasteiger partial charge < -0.3 is 19.7 Å². The second kappa shape index (κ2) is 9.29. The third-order valence-electron chi connectivity index (χ3n) is 7.59. The Kier molecular flexibility index (Phi) is 6.39. The summed E-state index contributed by atoms with van der Waals surface area (Å²) >= 11 is 0. The number of rotatable bonds is 5. The minimum absolute atomic E-state index is 0.104. The normalized spacial score (nSPS) is 18.2. The van der Waals surface area contributed by atoms with Crippen LogP contribution < -0.4 is 5.32 Å². The molecule has 2 aliphatic rings. The number of amides is 1. The fourth-order valence-electron chi connectivity index (χ4n) is 5.51. The Morgan fingerprint density at radius 3 is 2.62 bits per heavy atom. The van der Waals surface area contributed by atoms with Crippen LogP contribution in [-0.4, -0.2) is 51.1 Å². The first-order valence-electron chi connectivity index (χ1n) is 12.3. The van der Waals surface area contributed by atoms with E-state index in [1.165, 1.54) is 13.0 Å². The van der Waals surface area contributed by atoms with Crippen LogP contribution in [0.5, 0.6) is 0 Å². The standard InChI is InChI=1S/C26H30F3N5O3/c1-15-12-30-24-32-22(31-17(3)18-6-5-7-20(16(18)2)26(27,28)29)19-13-33(14-21(19)34(15)24)23(35)25(36-4)8-10-37-11-9-25/h5-7,12,17H,8-11,13-14H2,1-4H3,(H,30,31,32)/t17-/m1/s1. The molecule has 1 N–H and O–H groups in total. The van der Waals surface area contributed by atoms with Gasteiger partial charge in [-0.15, -0.1) is 0 Å². The highest BCUT2D eigenvalue weighted by Crippen LogP contribution is 2.38. The SMILES string of the molecule is COC1(C(=O)N2Cc3c(N[C@H](C)c4cccc(C(F)(F)F)c4C)nc4ncc(C)n4c3C2)CCOCC1. The molecule has 0 radical (unpaired) electrons. The third kappa shape index (κ3) is 4.33. The van der Waals surface area contributed by atoms with E-state index in [4.69, 9.17) is 14.5 Å². The van der Waals surface area contributed by atoms with Gasteiger partial charge in [-0.2, -0.15) is 18.2 Å².